The molecule has 0 bridgehead atoms. The summed E-state index contributed by atoms with van der Waals surface area (Å²) >= 11 is 3.44. The van der Waals surface area contributed by atoms with Gasteiger partial charge < -0.3 is 10.1 Å². The summed E-state index contributed by atoms with van der Waals surface area (Å²) in [6.45, 7) is 3.33. The summed E-state index contributed by atoms with van der Waals surface area (Å²) in [6, 6.07) is 13.9. The Kier molecular flexibility index (Phi) is 5.71. The van der Waals surface area contributed by atoms with Crippen LogP contribution in [-0.4, -0.2) is 28.8 Å². The Morgan fingerprint density at radius 3 is 2.80 bits per heavy atom. The van der Waals surface area contributed by atoms with Gasteiger partial charge in [-0.15, -0.1) is 0 Å². The smallest absolute Gasteiger partial charge is 0.257 e. The first-order chi connectivity index (χ1) is 12.1. The number of hydrogen-bond acceptors (Lipinski definition) is 3. The number of carbonyl (C=O) groups is 1. The second kappa shape index (κ2) is 8.16. The van der Waals surface area contributed by atoms with Crippen LogP contribution in [-0.2, 0) is 11.3 Å². The van der Waals surface area contributed by atoms with Crippen molar-refractivity contribution in [1.82, 2.24) is 15.1 Å². The highest BCUT2D eigenvalue weighted by molar-refractivity contribution is 9.10. The Bertz CT molecular complexity index is 856. The largest absolute Gasteiger partial charge is 0.484 e. The van der Waals surface area contributed by atoms with E-state index in [1.807, 2.05) is 60.3 Å². The number of nitrogens with one attached hydrogen (secondary N) is 1. The molecule has 0 saturated carbocycles. The lowest BCUT2D eigenvalue weighted by Crippen LogP contribution is -2.30. The first-order valence-electron chi connectivity index (χ1n) is 8.20. The molecule has 0 aliphatic carbocycles. The summed E-state index contributed by atoms with van der Waals surface area (Å²) in [4.78, 5) is 11.9. The number of fused-ring (bicyclic) bond motifs is 1. The van der Waals surface area contributed by atoms with Gasteiger partial charge in [-0.25, -0.2) is 0 Å². The lowest BCUT2D eigenvalue weighted by atomic mass is 10.1. The minimum absolute atomic E-state index is 0.0186. The third-order valence-electron chi connectivity index (χ3n) is 3.86. The van der Waals surface area contributed by atoms with Gasteiger partial charge in [-0.05, 0) is 52.2 Å². The lowest BCUT2D eigenvalue weighted by molar-refractivity contribution is -0.123. The SMILES string of the molecule is Cc1nn(CCCNC(=O)COc2ccc3ccccc3c2)cc1Br. The molecule has 25 heavy (non-hydrogen) atoms. The molecule has 2 aromatic carbocycles. The van der Waals surface area contributed by atoms with Crippen LogP contribution >= 0.6 is 15.9 Å². The summed E-state index contributed by atoms with van der Waals surface area (Å²) in [6.07, 6.45) is 2.76. The number of carbonyl (C=O) groups excluding carboxylic acids is 1. The molecule has 0 atom stereocenters. The first-order valence-corrected chi connectivity index (χ1v) is 8.99. The lowest BCUT2D eigenvalue weighted by Gasteiger charge is -2.08. The molecule has 3 aromatic rings. The predicted molar refractivity (Wildman–Crippen MR) is 102 cm³/mol. The molecule has 0 aliphatic heterocycles. The number of hydrogen-bond donors (Lipinski definition) is 1. The molecule has 6 heteroatoms. The fourth-order valence-electron chi connectivity index (χ4n) is 2.53. The average Bonchev–Trinajstić information content (AvgIpc) is 2.94. The van der Waals surface area contributed by atoms with Gasteiger partial charge in [-0.3, -0.25) is 9.48 Å². The van der Waals surface area contributed by atoms with E-state index >= 15 is 0 Å². The zero-order chi connectivity index (χ0) is 17.6. The molecule has 5 nitrogen and oxygen atoms in total. The topological polar surface area (TPSA) is 56.2 Å². The highest BCUT2D eigenvalue weighted by atomic mass is 79.9. The summed E-state index contributed by atoms with van der Waals surface area (Å²) in [5.41, 5.74) is 0.966. The van der Waals surface area contributed by atoms with Crippen LogP contribution in [0.15, 0.2) is 53.1 Å². The van der Waals surface area contributed by atoms with E-state index in [0.29, 0.717) is 12.3 Å². The van der Waals surface area contributed by atoms with Gasteiger partial charge in [0.25, 0.3) is 5.91 Å². The molecule has 0 fully saturated rings. The fraction of sp³-hybridized carbons (Fsp3) is 0.263. The van der Waals surface area contributed by atoms with Crippen LogP contribution in [0.3, 0.4) is 0 Å². The Morgan fingerprint density at radius 1 is 1.24 bits per heavy atom. The maximum atomic E-state index is 11.9. The number of benzene rings is 2. The zero-order valence-electron chi connectivity index (χ0n) is 14.0. The highest BCUT2D eigenvalue weighted by Crippen LogP contribution is 2.20. The van der Waals surface area contributed by atoms with E-state index in [0.717, 1.165) is 33.9 Å². The minimum Gasteiger partial charge on any atom is -0.484 e. The number of amides is 1. The molecule has 1 N–H and O–H groups in total. The summed E-state index contributed by atoms with van der Waals surface area (Å²) in [5.74, 6) is 0.580. The quantitative estimate of drug-likeness (QED) is 0.614. The van der Waals surface area contributed by atoms with Gasteiger partial charge in [0.1, 0.15) is 5.75 Å². The Labute approximate surface area is 155 Å². The molecule has 1 amide bonds. The zero-order valence-corrected chi connectivity index (χ0v) is 15.6. The van der Waals surface area contributed by atoms with Crippen LogP contribution in [0.2, 0.25) is 0 Å². The van der Waals surface area contributed by atoms with E-state index in [4.69, 9.17) is 4.74 Å². The molecule has 1 heterocycles. The molecule has 0 spiro atoms. The van der Waals surface area contributed by atoms with Crippen LogP contribution < -0.4 is 10.1 Å². The summed E-state index contributed by atoms with van der Waals surface area (Å²) < 4.78 is 8.45. The molecular formula is C19H20BrN3O2. The van der Waals surface area contributed by atoms with Crippen molar-refractivity contribution in [3.05, 3.63) is 58.8 Å². The molecule has 3 rings (SSSR count). The second-order valence-electron chi connectivity index (χ2n) is 5.83. The Hall–Kier alpha value is -2.34. The Morgan fingerprint density at radius 2 is 2.04 bits per heavy atom. The number of aryl methyl sites for hydroxylation is 2. The maximum Gasteiger partial charge on any atom is 0.257 e. The fourth-order valence-corrected chi connectivity index (χ4v) is 2.85. The molecule has 0 radical (unpaired) electrons. The molecule has 0 saturated heterocycles. The molecule has 0 aliphatic rings. The first kappa shape index (κ1) is 17.5. The van der Waals surface area contributed by atoms with Gasteiger partial charge in [0.05, 0.1) is 10.2 Å². The van der Waals surface area contributed by atoms with Gasteiger partial charge in [0.15, 0.2) is 6.61 Å². The Balaban J connectivity index is 1.40. The molecule has 1 aromatic heterocycles. The standard InChI is InChI=1S/C19H20BrN3O2/c1-14-18(20)12-23(22-14)10-4-9-21-19(24)13-25-17-8-7-15-5-2-3-6-16(15)11-17/h2-3,5-8,11-12H,4,9-10,13H2,1H3,(H,21,24). The van der Waals surface area contributed by atoms with Crippen molar-refractivity contribution in [2.45, 2.75) is 19.9 Å². The van der Waals surface area contributed by atoms with E-state index in [1.165, 1.54) is 0 Å². The van der Waals surface area contributed by atoms with Gasteiger partial charge in [-0.1, -0.05) is 30.3 Å². The van der Waals surface area contributed by atoms with Crippen LogP contribution in [0.25, 0.3) is 10.8 Å². The number of aromatic nitrogens is 2. The number of ether oxygens (including phenoxy) is 1. The van der Waals surface area contributed by atoms with Crippen molar-refractivity contribution < 1.29 is 9.53 Å². The van der Waals surface area contributed by atoms with Gasteiger partial charge >= 0.3 is 0 Å². The monoisotopic (exact) mass is 401 g/mol. The normalized spacial score (nSPS) is 10.8. The molecule has 130 valence electrons. The molecular weight excluding hydrogens is 382 g/mol. The van der Waals surface area contributed by atoms with Gasteiger partial charge in [0.2, 0.25) is 0 Å². The van der Waals surface area contributed by atoms with E-state index in [9.17, 15) is 4.79 Å². The number of nitrogens with zero attached hydrogens (tertiary/aromatic N) is 2. The number of rotatable bonds is 7. The number of halogens is 1. The second-order valence-corrected chi connectivity index (χ2v) is 6.68. The van der Waals surface area contributed by atoms with E-state index < -0.39 is 0 Å². The minimum atomic E-state index is -0.119. The van der Waals surface area contributed by atoms with Gasteiger partial charge in [-0.2, -0.15) is 5.10 Å². The van der Waals surface area contributed by atoms with Crippen LogP contribution in [0.4, 0.5) is 0 Å². The van der Waals surface area contributed by atoms with Gasteiger partial charge in [0, 0.05) is 19.3 Å². The third-order valence-corrected chi connectivity index (χ3v) is 4.64. The molecule has 0 unspecified atom stereocenters. The van der Waals surface area contributed by atoms with Crippen molar-refractivity contribution in [2.24, 2.45) is 0 Å². The maximum absolute atomic E-state index is 11.9. The summed E-state index contributed by atoms with van der Waals surface area (Å²) in [5, 5.41) is 9.48. The van der Waals surface area contributed by atoms with Crippen molar-refractivity contribution >= 4 is 32.6 Å². The van der Waals surface area contributed by atoms with Crippen LogP contribution in [0.5, 0.6) is 5.75 Å². The highest BCUT2D eigenvalue weighted by Gasteiger charge is 2.04. The summed E-state index contributed by atoms with van der Waals surface area (Å²) in [7, 11) is 0. The van der Waals surface area contributed by atoms with Crippen LogP contribution in [0, 0.1) is 6.92 Å². The van der Waals surface area contributed by atoms with E-state index in [2.05, 4.69) is 26.3 Å². The predicted octanol–water partition coefficient (Wildman–Crippen LogP) is 3.69. The van der Waals surface area contributed by atoms with Crippen LogP contribution in [0.1, 0.15) is 12.1 Å². The van der Waals surface area contributed by atoms with E-state index in [-0.39, 0.29) is 12.5 Å². The van der Waals surface area contributed by atoms with Crippen molar-refractivity contribution in [3.63, 3.8) is 0 Å². The van der Waals surface area contributed by atoms with Crippen molar-refractivity contribution in [3.8, 4) is 5.75 Å². The van der Waals surface area contributed by atoms with Crippen molar-refractivity contribution in [2.75, 3.05) is 13.2 Å². The van der Waals surface area contributed by atoms with E-state index in [1.54, 1.807) is 0 Å². The average molecular weight is 402 g/mol. The van der Waals surface area contributed by atoms with Crippen molar-refractivity contribution in [1.29, 1.82) is 0 Å². The third kappa shape index (κ3) is 4.82.